The Balaban J connectivity index is 2.30. The Bertz CT molecular complexity index is 843. The minimum absolute atomic E-state index is 0.468. The fraction of sp³-hybridized carbons (Fsp3) is 0.133. The molecular formula is C15H13Cl2N3O. The number of anilines is 1. The number of imidazole rings is 1. The summed E-state index contributed by atoms with van der Waals surface area (Å²) in [6.07, 6.45) is 0. The summed E-state index contributed by atoms with van der Waals surface area (Å²) in [6.45, 7) is 0. The first kappa shape index (κ1) is 14.0. The van der Waals surface area contributed by atoms with Gasteiger partial charge < -0.3 is 15.0 Å². The third kappa shape index (κ3) is 2.30. The van der Waals surface area contributed by atoms with E-state index >= 15 is 0 Å². The second kappa shape index (κ2) is 5.13. The van der Waals surface area contributed by atoms with Gasteiger partial charge in [-0.2, -0.15) is 0 Å². The smallest absolute Gasteiger partial charge is 0.144 e. The van der Waals surface area contributed by atoms with E-state index in [9.17, 15) is 0 Å². The Hall–Kier alpha value is -1.91. The standard InChI is InChI=1S/C15H13Cl2N3O/c1-20-13-5-8(16)3-4-12(13)19-15(20)9-6-10(17)11(18)7-14(9)21-2/h3-7H,18H2,1-2H3. The fourth-order valence-electron chi connectivity index (χ4n) is 2.32. The van der Waals surface area contributed by atoms with Crippen molar-refractivity contribution in [2.75, 3.05) is 12.8 Å². The molecule has 3 aromatic rings. The summed E-state index contributed by atoms with van der Waals surface area (Å²) in [4.78, 5) is 4.63. The highest BCUT2D eigenvalue weighted by molar-refractivity contribution is 6.33. The highest BCUT2D eigenvalue weighted by atomic mass is 35.5. The summed E-state index contributed by atoms with van der Waals surface area (Å²) in [5.74, 6) is 1.37. The SMILES string of the molecule is COc1cc(N)c(Cl)cc1-c1nc2ccc(Cl)cc2n1C. The van der Waals surface area contributed by atoms with Crippen LogP contribution in [0.25, 0.3) is 22.4 Å². The van der Waals surface area contributed by atoms with Crippen LogP contribution in [0.3, 0.4) is 0 Å². The molecule has 1 heterocycles. The number of hydrogen-bond acceptors (Lipinski definition) is 3. The van der Waals surface area contributed by atoms with E-state index in [0.717, 1.165) is 22.4 Å². The van der Waals surface area contributed by atoms with Gasteiger partial charge in [0.2, 0.25) is 0 Å². The highest BCUT2D eigenvalue weighted by Gasteiger charge is 2.16. The molecule has 0 aliphatic rings. The first-order valence-corrected chi connectivity index (χ1v) is 7.02. The third-order valence-electron chi connectivity index (χ3n) is 3.40. The van der Waals surface area contributed by atoms with Gasteiger partial charge in [-0.05, 0) is 24.3 Å². The van der Waals surface area contributed by atoms with Gasteiger partial charge in [0.25, 0.3) is 0 Å². The van der Waals surface area contributed by atoms with Gasteiger partial charge in [0.15, 0.2) is 0 Å². The molecule has 4 nitrogen and oxygen atoms in total. The Morgan fingerprint density at radius 1 is 1.19 bits per heavy atom. The lowest BCUT2D eigenvalue weighted by Crippen LogP contribution is -1.97. The van der Waals surface area contributed by atoms with E-state index in [2.05, 4.69) is 4.98 Å². The number of aromatic nitrogens is 2. The van der Waals surface area contributed by atoms with Crippen LogP contribution < -0.4 is 10.5 Å². The van der Waals surface area contributed by atoms with Crippen LogP contribution in [0.4, 0.5) is 5.69 Å². The number of hydrogen-bond donors (Lipinski definition) is 1. The van der Waals surface area contributed by atoms with E-state index in [1.165, 1.54) is 0 Å². The largest absolute Gasteiger partial charge is 0.496 e. The number of halogens is 2. The maximum absolute atomic E-state index is 6.13. The van der Waals surface area contributed by atoms with Gasteiger partial charge in [0.1, 0.15) is 11.6 Å². The molecule has 2 N–H and O–H groups in total. The summed E-state index contributed by atoms with van der Waals surface area (Å²) in [5, 5.41) is 1.13. The maximum Gasteiger partial charge on any atom is 0.144 e. The minimum atomic E-state index is 0.468. The van der Waals surface area contributed by atoms with E-state index in [4.69, 9.17) is 33.7 Å². The van der Waals surface area contributed by atoms with Gasteiger partial charge in [0, 0.05) is 18.1 Å². The van der Waals surface area contributed by atoms with Gasteiger partial charge in [0.05, 0.1) is 34.4 Å². The summed E-state index contributed by atoms with van der Waals surface area (Å²) in [6, 6.07) is 9.03. The van der Waals surface area contributed by atoms with Crippen LogP contribution in [-0.4, -0.2) is 16.7 Å². The number of nitrogens with two attached hydrogens (primary N) is 1. The van der Waals surface area contributed by atoms with Gasteiger partial charge >= 0.3 is 0 Å². The molecule has 0 spiro atoms. The molecule has 0 aliphatic carbocycles. The van der Waals surface area contributed by atoms with Crippen LogP contribution in [0.2, 0.25) is 10.0 Å². The molecule has 0 bridgehead atoms. The fourth-order valence-corrected chi connectivity index (χ4v) is 2.65. The van der Waals surface area contributed by atoms with Gasteiger partial charge in [-0.3, -0.25) is 0 Å². The summed E-state index contributed by atoms with van der Waals surface area (Å²) < 4.78 is 7.34. The third-order valence-corrected chi connectivity index (χ3v) is 3.97. The Kier molecular flexibility index (Phi) is 3.43. The lowest BCUT2D eigenvalue weighted by Gasteiger charge is -2.10. The number of rotatable bonds is 2. The van der Waals surface area contributed by atoms with E-state index in [0.29, 0.717) is 21.5 Å². The quantitative estimate of drug-likeness (QED) is 0.722. The number of ether oxygens (including phenoxy) is 1. The normalized spacial score (nSPS) is 11.0. The van der Waals surface area contributed by atoms with Crippen molar-refractivity contribution >= 4 is 39.9 Å². The average Bonchev–Trinajstić information content (AvgIpc) is 2.78. The van der Waals surface area contributed by atoms with Crippen LogP contribution in [0.1, 0.15) is 0 Å². The predicted molar refractivity (Wildman–Crippen MR) is 87.1 cm³/mol. The second-order valence-electron chi connectivity index (χ2n) is 4.70. The number of aryl methyl sites for hydroxylation is 1. The number of methoxy groups -OCH3 is 1. The maximum atomic E-state index is 6.13. The number of benzene rings is 2. The molecule has 6 heteroatoms. The Labute approximate surface area is 132 Å². The zero-order valence-electron chi connectivity index (χ0n) is 11.5. The van der Waals surface area contributed by atoms with Gasteiger partial charge in [-0.15, -0.1) is 0 Å². The van der Waals surface area contributed by atoms with Crippen molar-refractivity contribution < 1.29 is 4.74 Å². The lowest BCUT2D eigenvalue weighted by molar-refractivity contribution is 0.416. The van der Waals surface area contributed by atoms with Crippen molar-refractivity contribution in [2.24, 2.45) is 7.05 Å². The first-order valence-electron chi connectivity index (χ1n) is 6.26. The molecule has 2 aromatic carbocycles. The van der Waals surface area contributed by atoms with Crippen LogP contribution in [0, 0.1) is 0 Å². The van der Waals surface area contributed by atoms with Crippen molar-refractivity contribution in [3.8, 4) is 17.1 Å². The van der Waals surface area contributed by atoms with Crippen molar-refractivity contribution in [2.45, 2.75) is 0 Å². The molecule has 0 saturated heterocycles. The predicted octanol–water partition coefficient (Wildman–Crippen LogP) is 4.14. The molecule has 1 aromatic heterocycles. The van der Waals surface area contributed by atoms with Crippen molar-refractivity contribution in [3.63, 3.8) is 0 Å². The van der Waals surface area contributed by atoms with Crippen molar-refractivity contribution in [3.05, 3.63) is 40.4 Å². The topological polar surface area (TPSA) is 53.1 Å². The zero-order chi connectivity index (χ0) is 15.1. The van der Waals surface area contributed by atoms with Crippen LogP contribution in [0.5, 0.6) is 5.75 Å². The molecule has 0 radical (unpaired) electrons. The Morgan fingerprint density at radius 3 is 2.67 bits per heavy atom. The number of fused-ring (bicyclic) bond motifs is 1. The van der Waals surface area contributed by atoms with Crippen LogP contribution >= 0.6 is 23.2 Å². The minimum Gasteiger partial charge on any atom is -0.496 e. The van der Waals surface area contributed by atoms with Crippen LogP contribution in [0.15, 0.2) is 30.3 Å². The van der Waals surface area contributed by atoms with E-state index in [-0.39, 0.29) is 0 Å². The number of nitrogens with zero attached hydrogens (tertiary/aromatic N) is 2. The van der Waals surface area contributed by atoms with E-state index < -0.39 is 0 Å². The first-order chi connectivity index (χ1) is 10.0. The molecule has 0 amide bonds. The summed E-state index contributed by atoms with van der Waals surface area (Å²) >= 11 is 12.2. The molecule has 0 fully saturated rings. The van der Waals surface area contributed by atoms with Crippen molar-refractivity contribution in [1.82, 2.24) is 9.55 Å². The van der Waals surface area contributed by atoms with Crippen molar-refractivity contribution in [1.29, 1.82) is 0 Å². The lowest BCUT2D eigenvalue weighted by atomic mass is 10.1. The summed E-state index contributed by atoms with van der Waals surface area (Å²) in [5.41, 5.74) is 8.87. The van der Waals surface area contributed by atoms with Crippen LogP contribution in [-0.2, 0) is 7.05 Å². The number of nitrogen functional groups attached to an aromatic ring is 1. The Morgan fingerprint density at radius 2 is 1.95 bits per heavy atom. The molecule has 0 atom stereocenters. The van der Waals surface area contributed by atoms with Gasteiger partial charge in [-0.1, -0.05) is 23.2 Å². The summed E-state index contributed by atoms with van der Waals surface area (Å²) in [7, 11) is 3.51. The molecule has 0 unspecified atom stereocenters. The van der Waals surface area contributed by atoms with E-state index in [1.54, 1.807) is 19.2 Å². The van der Waals surface area contributed by atoms with E-state index in [1.807, 2.05) is 29.8 Å². The highest BCUT2D eigenvalue weighted by Crippen LogP contribution is 2.36. The average molecular weight is 322 g/mol. The molecule has 0 aliphatic heterocycles. The van der Waals surface area contributed by atoms with Gasteiger partial charge in [-0.25, -0.2) is 4.98 Å². The molecule has 3 rings (SSSR count). The second-order valence-corrected chi connectivity index (χ2v) is 5.55. The molecule has 108 valence electrons. The molecule has 21 heavy (non-hydrogen) atoms. The molecular weight excluding hydrogens is 309 g/mol. The monoisotopic (exact) mass is 321 g/mol. The molecule has 0 saturated carbocycles. The zero-order valence-corrected chi connectivity index (χ0v) is 13.0.